The molecule has 2 unspecified atom stereocenters. The summed E-state index contributed by atoms with van der Waals surface area (Å²) in [6.45, 7) is 4.92. The van der Waals surface area contributed by atoms with Crippen LogP contribution in [0.15, 0.2) is 0 Å². The molecule has 2 atom stereocenters. The molecule has 0 radical (unpaired) electrons. The summed E-state index contributed by atoms with van der Waals surface area (Å²) in [5.74, 6) is -1.04. The second kappa shape index (κ2) is 4.57. The van der Waals surface area contributed by atoms with Gasteiger partial charge in [0.25, 0.3) is 0 Å². The van der Waals surface area contributed by atoms with Gasteiger partial charge in [0.15, 0.2) is 0 Å². The van der Waals surface area contributed by atoms with Gasteiger partial charge in [0.05, 0.1) is 0 Å². The minimum absolute atomic E-state index is 0.0146. The van der Waals surface area contributed by atoms with E-state index in [-0.39, 0.29) is 5.33 Å². The van der Waals surface area contributed by atoms with Crippen molar-refractivity contribution in [1.29, 1.82) is 0 Å². The molecule has 0 rings (SSSR count). The maximum Gasteiger partial charge on any atom is 0.356 e. The summed E-state index contributed by atoms with van der Waals surface area (Å²) in [7, 11) is 0. The van der Waals surface area contributed by atoms with Crippen molar-refractivity contribution in [2.45, 2.75) is 38.2 Å². The second-order valence-corrected chi connectivity index (χ2v) is 4.64. The molecule has 0 bridgehead atoms. The van der Waals surface area contributed by atoms with Gasteiger partial charge in [0, 0.05) is 5.33 Å². The Kier molecular flexibility index (Phi) is 4.51. The smallest absolute Gasteiger partial charge is 0.356 e. The normalized spacial score (nSPS) is 18.5. The first-order chi connectivity index (χ1) is 6.11. The Bertz CT molecular complexity index is 212. The van der Waals surface area contributed by atoms with Crippen molar-refractivity contribution in [2.24, 2.45) is 5.73 Å². The number of rotatable bonds is 3. The summed E-state index contributed by atoms with van der Waals surface area (Å²) in [4.78, 5) is 11.3. The van der Waals surface area contributed by atoms with Gasteiger partial charge in [-0.05, 0) is 20.8 Å². The Labute approximate surface area is 91.4 Å². The number of ether oxygens (including phenoxy) is 1. The number of nitrogens with two attached hydrogens (primary N) is 1. The molecule has 0 fully saturated rings. The van der Waals surface area contributed by atoms with Gasteiger partial charge in [0.1, 0.15) is 11.7 Å². The summed E-state index contributed by atoms with van der Waals surface area (Å²) >= 11 is 2.90. The van der Waals surface area contributed by atoms with Gasteiger partial charge in [-0.25, -0.2) is 4.79 Å². The van der Waals surface area contributed by atoms with Crippen LogP contribution in [0.1, 0.15) is 20.8 Å². The Hall–Kier alpha value is -0.170. The lowest BCUT2D eigenvalue weighted by Crippen LogP contribution is -2.59. The van der Waals surface area contributed by atoms with Crippen molar-refractivity contribution < 1.29 is 19.7 Å². The molecule has 4 N–H and O–H groups in total. The van der Waals surface area contributed by atoms with Crippen LogP contribution in [-0.2, 0) is 9.53 Å². The highest BCUT2D eigenvalue weighted by atomic mass is 79.9. The molecule has 6 heteroatoms. The van der Waals surface area contributed by atoms with E-state index < -0.39 is 23.4 Å². The number of hydrogen-bond acceptors (Lipinski definition) is 5. The zero-order chi connectivity index (χ0) is 11.6. The summed E-state index contributed by atoms with van der Waals surface area (Å²) < 4.78 is 4.83. The molecule has 0 aliphatic heterocycles. The van der Waals surface area contributed by atoms with Crippen LogP contribution in [-0.4, -0.2) is 38.9 Å². The Balaban J connectivity index is 4.52. The fourth-order valence-corrected chi connectivity index (χ4v) is 1.11. The first kappa shape index (κ1) is 13.8. The molecule has 5 nitrogen and oxygen atoms in total. The van der Waals surface area contributed by atoms with Crippen LogP contribution in [0.25, 0.3) is 0 Å². The molecule has 0 aromatic carbocycles. The van der Waals surface area contributed by atoms with Crippen molar-refractivity contribution in [3.63, 3.8) is 0 Å². The predicted molar refractivity (Wildman–Crippen MR) is 54.8 cm³/mol. The molecule has 0 amide bonds. The Morgan fingerprint density at radius 3 is 2.29 bits per heavy atom. The summed E-state index contributed by atoms with van der Waals surface area (Å²) in [5.41, 5.74) is 2.09. The van der Waals surface area contributed by atoms with Gasteiger partial charge < -0.3 is 14.9 Å². The van der Waals surface area contributed by atoms with Gasteiger partial charge >= 0.3 is 5.97 Å². The molecule has 0 spiro atoms. The van der Waals surface area contributed by atoms with Crippen LogP contribution >= 0.6 is 15.9 Å². The van der Waals surface area contributed by atoms with E-state index in [1.807, 2.05) is 0 Å². The largest absolute Gasteiger partial charge is 0.457 e. The fraction of sp³-hybridized carbons (Fsp3) is 0.875. The third-order valence-electron chi connectivity index (χ3n) is 1.38. The topological polar surface area (TPSA) is 92.8 Å². The number of carbonyl (C=O) groups excluding carboxylic acids is 1. The van der Waals surface area contributed by atoms with Crippen molar-refractivity contribution in [3.8, 4) is 0 Å². The van der Waals surface area contributed by atoms with Crippen LogP contribution < -0.4 is 5.73 Å². The van der Waals surface area contributed by atoms with Gasteiger partial charge in [-0.15, -0.1) is 0 Å². The highest BCUT2D eigenvalue weighted by Gasteiger charge is 2.42. The van der Waals surface area contributed by atoms with E-state index in [4.69, 9.17) is 10.5 Å². The van der Waals surface area contributed by atoms with Crippen LogP contribution in [0.3, 0.4) is 0 Å². The van der Waals surface area contributed by atoms with Crippen LogP contribution in [0.5, 0.6) is 0 Å². The number of alkyl halides is 1. The summed E-state index contributed by atoms with van der Waals surface area (Å²) in [6.07, 6.45) is -1.41. The van der Waals surface area contributed by atoms with Crippen molar-refractivity contribution in [3.05, 3.63) is 0 Å². The average Bonchev–Trinajstić information content (AvgIpc) is 1.99. The first-order valence-corrected chi connectivity index (χ1v) is 5.22. The van der Waals surface area contributed by atoms with E-state index in [9.17, 15) is 15.0 Å². The van der Waals surface area contributed by atoms with Crippen molar-refractivity contribution in [2.75, 3.05) is 5.33 Å². The highest BCUT2D eigenvalue weighted by molar-refractivity contribution is 9.09. The zero-order valence-electron chi connectivity index (χ0n) is 8.45. The molecular formula is C8H16BrNO4. The monoisotopic (exact) mass is 269 g/mol. The summed E-state index contributed by atoms with van der Waals surface area (Å²) in [6, 6.07) is 0. The lowest BCUT2D eigenvalue weighted by molar-refractivity contribution is -0.186. The van der Waals surface area contributed by atoms with Crippen LogP contribution in [0.4, 0.5) is 0 Å². The molecule has 14 heavy (non-hydrogen) atoms. The van der Waals surface area contributed by atoms with E-state index >= 15 is 0 Å². The lowest BCUT2D eigenvalue weighted by Gasteiger charge is -2.29. The van der Waals surface area contributed by atoms with Gasteiger partial charge in [-0.2, -0.15) is 0 Å². The van der Waals surface area contributed by atoms with E-state index in [0.29, 0.717) is 0 Å². The average molecular weight is 270 g/mol. The quantitative estimate of drug-likeness (QED) is 0.373. The fourth-order valence-electron chi connectivity index (χ4n) is 0.614. The van der Waals surface area contributed by atoms with Crippen molar-refractivity contribution in [1.82, 2.24) is 0 Å². The minimum atomic E-state index is -2.38. The number of halogens is 1. The second-order valence-electron chi connectivity index (χ2n) is 4.00. The molecular weight excluding hydrogens is 254 g/mol. The molecule has 0 aliphatic rings. The van der Waals surface area contributed by atoms with Gasteiger partial charge in [-0.1, -0.05) is 15.9 Å². The van der Waals surface area contributed by atoms with E-state index in [2.05, 4.69) is 15.9 Å². The zero-order valence-corrected chi connectivity index (χ0v) is 10.0. The highest BCUT2D eigenvalue weighted by Crippen LogP contribution is 2.14. The number of carbonyl (C=O) groups is 1. The molecule has 0 aromatic heterocycles. The lowest BCUT2D eigenvalue weighted by atomic mass is 10.1. The maximum absolute atomic E-state index is 11.3. The standard InChI is InChI=1S/C8H16BrNO4/c1-7(2,3)14-6(12)8(10,13)5(11)4-9/h5,11,13H,4,10H2,1-3H3. The van der Waals surface area contributed by atoms with Crippen molar-refractivity contribution >= 4 is 21.9 Å². The minimum Gasteiger partial charge on any atom is -0.457 e. The van der Waals surface area contributed by atoms with E-state index in [1.165, 1.54) is 0 Å². The van der Waals surface area contributed by atoms with Gasteiger partial charge in [0.2, 0.25) is 5.72 Å². The number of esters is 1. The molecule has 0 heterocycles. The van der Waals surface area contributed by atoms with E-state index in [1.54, 1.807) is 20.8 Å². The molecule has 0 saturated heterocycles. The van der Waals surface area contributed by atoms with Gasteiger partial charge in [-0.3, -0.25) is 5.73 Å². The summed E-state index contributed by atoms with van der Waals surface area (Å²) in [5, 5.41) is 18.7. The van der Waals surface area contributed by atoms with Crippen LogP contribution in [0.2, 0.25) is 0 Å². The van der Waals surface area contributed by atoms with E-state index in [0.717, 1.165) is 0 Å². The Morgan fingerprint density at radius 1 is 1.57 bits per heavy atom. The third-order valence-corrected chi connectivity index (χ3v) is 1.99. The molecule has 0 saturated carbocycles. The first-order valence-electron chi connectivity index (χ1n) is 4.10. The number of aliphatic hydroxyl groups is 2. The molecule has 0 aliphatic carbocycles. The van der Waals surface area contributed by atoms with Crippen LogP contribution in [0, 0.1) is 0 Å². The maximum atomic E-state index is 11.3. The number of hydrogen-bond donors (Lipinski definition) is 3. The SMILES string of the molecule is CC(C)(C)OC(=O)C(N)(O)C(O)CBr. The predicted octanol–water partition coefficient (Wildman–Crippen LogP) is -0.269. The molecule has 0 aromatic rings. The number of aliphatic hydroxyl groups excluding tert-OH is 1. The molecule has 84 valence electrons. The third kappa shape index (κ3) is 3.91. The Morgan fingerprint density at radius 2 is 2.00 bits per heavy atom.